The van der Waals surface area contributed by atoms with Crippen LogP contribution < -0.4 is 9.47 Å². The van der Waals surface area contributed by atoms with Crippen molar-refractivity contribution in [2.45, 2.75) is 48.5 Å². The molecular formula is C88H74Ir6N6O4S-6. The molecule has 17 heteroatoms. The van der Waals surface area contributed by atoms with Gasteiger partial charge in [0.2, 0.25) is 0 Å². The Bertz CT molecular complexity index is 5000. The summed E-state index contributed by atoms with van der Waals surface area (Å²) in [6, 6.07) is 97.9. The molecule has 10 nitrogen and oxygen atoms in total. The van der Waals surface area contributed by atoms with Gasteiger partial charge in [-0.25, -0.2) is 11.3 Å². The summed E-state index contributed by atoms with van der Waals surface area (Å²) in [7, 11) is 3.30. The standard InChI is InChI=1S/C20H14N.C16H12N.C13H12NO.2C12H10N.C10H8NOS.C5H8O2.6Ir/c1-14-10-11-21-20(12-14)19-13-15-6-2-3-7-16(15)17-8-4-5-9-18(17)19;1-12-11-16(13-7-3-2-4-8-13)17-15-10-6-5-9-14(12)15;1-10-3-5-11(6-4-10)13-9-12(15-2)7-8-14-13;2*1-10-7-8-13-12(9-10)11-5-3-2-4-6-11;1-12-8-4-5-11-9(7-8)10-3-2-6-13-10;1-4(6)3-5(2)7;;;;;;/h2-12H,1H3;2-7,9-11H,1H3;3-5,7-9H,1-2H3;2*2-5,7-9H,1H3;2,4-7H,1H3;3,6H,1-2H3;;;;;;/q6*-1;;;;;;;. The van der Waals surface area contributed by atoms with Crippen molar-refractivity contribution < 1.29 is 140 Å². The maximum atomic E-state index is 10.0. The van der Waals surface area contributed by atoms with Gasteiger partial charge in [0.1, 0.15) is 11.5 Å². The average Bonchev–Trinajstić information content (AvgIpc) is 0.841. The van der Waals surface area contributed by atoms with Crippen molar-refractivity contribution in [3.05, 3.63) is 349 Å². The molecule has 105 heavy (non-hydrogen) atoms. The molecule has 15 rings (SSSR count). The molecular weight excluding hydrogens is 2390 g/mol. The molecule has 0 bridgehead atoms. The summed E-state index contributed by atoms with van der Waals surface area (Å²) in [6.07, 6.45) is 10.2. The molecule has 0 fully saturated rings. The number of aryl methyl sites for hydroxylation is 5. The van der Waals surface area contributed by atoms with Crippen LogP contribution in [0.4, 0.5) is 0 Å². The number of nitrogens with zero attached hydrogens (tertiary/aromatic N) is 6. The van der Waals surface area contributed by atoms with Gasteiger partial charge in [0, 0.05) is 169 Å². The fraction of sp³-hybridized carbons (Fsp3) is 0.102. The molecule has 7 heterocycles. The number of aromatic nitrogens is 6. The molecule has 0 unspecified atom stereocenters. The quantitative estimate of drug-likeness (QED) is 0.0644. The van der Waals surface area contributed by atoms with E-state index in [4.69, 9.17) is 14.6 Å². The number of para-hydroxylation sites is 1. The Hall–Kier alpha value is -8.15. The summed E-state index contributed by atoms with van der Waals surface area (Å²) >= 11 is 1.62. The minimum absolute atomic E-state index is 0. The van der Waals surface area contributed by atoms with Crippen molar-refractivity contribution in [3.8, 4) is 78.4 Å². The normalized spacial score (nSPS) is 9.82. The van der Waals surface area contributed by atoms with Gasteiger partial charge >= 0.3 is 0 Å². The third-order valence-electron chi connectivity index (χ3n) is 14.8. The zero-order valence-electron chi connectivity index (χ0n) is 58.8. The fourth-order valence-corrected chi connectivity index (χ4v) is 10.7. The Morgan fingerprint density at radius 1 is 0.410 bits per heavy atom. The largest absolute Gasteiger partial charge is 0.512 e. The zero-order valence-corrected chi connectivity index (χ0v) is 74.0. The first-order valence-corrected chi connectivity index (χ1v) is 32.8. The van der Waals surface area contributed by atoms with Gasteiger partial charge in [-0.05, 0) is 124 Å². The van der Waals surface area contributed by atoms with Crippen molar-refractivity contribution in [1.82, 2.24) is 29.9 Å². The summed E-state index contributed by atoms with van der Waals surface area (Å²) in [6.45, 7) is 13.2. The molecule has 6 radical (unpaired) electrons. The maximum absolute atomic E-state index is 10.0. The molecule has 1 N–H and O–H groups in total. The fourth-order valence-electron chi connectivity index (χ4n) is 10.0. The minimum Gasteiger partial charge on any atom is -0.512 e. The number of aliphatic hydroxyl groups excluding tert-OH is 1. The molecule has 0 aliphatic carbocycles. The number of fused-ring (bicyclic) bond motifs is 4. The van der Waals surface area contributed by atoms with Crippen molar-refractivity contribution in [2.24, 2.45) is 0 Å². The third-order valence-corrected chi connectivity index (χ3v) is 15.7. The first kappa shape index (κ1) is 91.1. The van der Waals surface area contributed by atoms with Crippen LogP contribution in [0.5, 0.6) is 11.5 Å². The smallest absolute Gasteiger partial charge is 0.155 e. The third kappa shape index (κ3) is 28.6. The molecule has 0 amide bonds. The minimum atomic E-state index is -0.125. The number of ether oxygens (including phenoxy) is 2. The number of aliphatic hydroxyl groups is 1. The molecule has 0 spiro atoms. The Balaban J connectivity index is 0.000000320. The molecule has 0 aliphatic rings. The van der Waals surface area contributed by atoms with E-state index in [1.54, 1.807) is 38.0 Å². The number of thiophene rings is 1. The van der Waals surface area contributed by atoms with Crippen molar-refractivity contribution in [2.75, 3.05) is 14.2 Å². The number of carbonyl (C=O) groups is 1. The number of allylic oxidation sites excluding steroid dienone is 2. The second-order valence-electron chi connectivity index (χ2n) is 22.6. The topological polar surface area (TPSA) is 133 Å². The number of ketones is 1. The number of rotatable bonds is 9. The number of hydrogen-bond donors (Lipinski definition) is 1. The first-order valence-electron chi connectivity index (χ1n) is 31.9. The Morgan fingerprint density at radius 3 is 1.31 bits per heavy atom. The van der Waals surface area contributed by atoms with E-state index in [1.165, 1.54) is 69.3 Å². The molecule has 546 valence electrons. The van der Waals surface area contributed by atoms with E-state index in [0.717, 1.165) is 89.3 Å². The molecule has 15 aromatic rings. The molecule has 0 aliphatic heterocycles. The van der Waals surface area contributed by atoms with Crippen molar-refractivity contribution in [1.29, 1.82) is 0 Å². The summed E-state index contributed by atoms with van der Waals surface area (Å²) in [5.41, 5.74) is 18.1. The van der Waals surface area contributed by atoms with Crippen molar-refractivity contribution >= 4 is 49.6 Å². The number of hydrogen-bond acceptors (Lipinski definition) is 11. The van der Waals surface area contributed by atoms with Gasteiger partial charge < -0.3 is 34.5 Å². The predicted molar refractivity (Wildman–Crippen MR) is 405 cm³/mol. The van der Waals surface area contributed by atoms with Crippen LogP contribution in [0, 0.1) is 71.0 Å². The van der Waals surface area contributed by atoms with E-state index in [9.17, 15) is 4.79 Å². The van der Waals surface area contributed by atoms with E-state index >= 15 is 0 Å². The van der Waals surface area contributed by atoms with Crippen LogP contribution in [0.3, 0.4) is 0 Å². The monoisotopic (exact) mass is 2470 g/mol. The maximum Gasteiger partial charge on any atom is 0.155 e. The number of methoxy groups -OCH3 is 2. The summed E-state index contributed by atoms with van der Waals surface area (Å²) < 4.78 is 10.2. The zero-order chi connectivity index (χ0) is 69.7. The second kappa shape index (κ2) is 48.1. The molecule has 0 atom stereocenters. The van der Waals surface area contributed by atoms with Gasteiger partial charge in [0.05, 0.1) is 25.5 Å². The molecule has 0 saturated heterocycles. The van der Waals surface area contributed by atoms with E-state index in [0.29, 0.717) is 0 Å². The van der Waals surface area contributed by atoms with Crippen LogP contribution in [-0.4, -0.2) is 55.0 Å². The summed E-state index contributed by atoms with van der Waals surface area (Å²) in [5, 5.41) is 16.4. The summed E-state index contributed by atoms with van der Waals surface area (Å²) in [4.78, 5) is 37.3. The van der Waals surface area contributed by atoms with Gasteiger partial charge in [-0.1, -0.05) is 135 Å². The van der Waals surface area contributed by atoms with E-state index in [-0.39, 0.29) is 132 Å². The van der Waals surface area contributed by atoms with Crippen LogP contribution in [-0.2, 0) is 125 Å². The first-order chi connectivity index (χ1) is 48.2. The SMILES string of the molecule is CC(=O)C=C(C)O.COc1ccnc(-c2[c-]cc(C)cc2)c1.COc1ccnc(-c2[c-]ccs2)c1.Cc1cc(-c2[c-]cccc2)nc2ccccc12.Cc1ccnc(-c2[c-]c3ccccc3c3ccccc23)c1.Cc1ccnc(-c2[c-]cccc2)c1.Cc1ccnc(-c2[c-]cccc2)c1.[Ir].[Ir].[Ir].[Ir].[Ir].[Ir]. The predicted octanol–water partition coefficient (Wildman–Crippen LogP) is 21.4. The Morgan fingerprint density at radius 2 is 0.848 bits per heavy atom. The summed E-state index contributed by atoms with van der Waals surface area (Å²) in [5.74, 6) is 1.58. The molecule has 8 aromatic carbocycles. The Labute approximate surface area is 702 Å². The average molecular weight is 2460 g/mol. The second-order valence-corrected chi connectivity index (χ2v) is 23.6. The van der Waals surface area contributed by atoms with Gasteiger partial charge in [-0.2, -0.15) is 12.1 Å². The van der Waals surface area contributed by atoms with Gasteiger partial charge in [-0.3, -0.25) is 14.8 Å². The van der Waals surface area contributed by atoms with Gasteiger partial charge in [0.25, 0.3) is 0 Å². The van der Waals surface area contributed by atoms with E-state index in [1.807, 2.05) is 183 Å². The van der Waals surface area contributed by atoms with Gasteiger partial charge in [0.15, 0.2) is 5.78 Å². The van der Waals surface area contributed by atoms with Gasteiger partial charge in [-0.15, -0.1) is 166 Å². The van der Waals surface area contributed by atoms with Crippen LogP contribution >= 0.6 is 11.3 Å². The molecule has 7 aromatic heterocycles. The van der Waals surface area contributed by atoms with E-state index in [2.05, 4.69) is 179 Å². The number of pyridine rings is 6. The van der Waals surface area contributed by atoms with Crippen LogP contribution in [0.15, 0.2) is 285 Å². The Kier molecular flexibility index (Phi) is 41.7. The van der Waals surface area contributed by atoms with Crippen LogP contribution in [0.1, 0.15) is 41.7 Å². The van der Waals surface area contributed by atoms with Crippen LogP contribution in [0.25, 0.3) is 99.3 Å². The molecule has 0 saturated carbocycles. The van der Waals surface area contributed by atoms with Crippen LogP contribution in [0.2, 0.25) is 0 Å². The number of carbonyl (C=O) groups excluding carboxylic acids is 1. The van der Waals surface area contributed by atoms with E-state index < -0.39 is 0 Å². The van der Waals surface area contributed by atoms with Crippen molar-refractivity contribution in [3.63, 3.8) is 0 Å². The number of benzene rings is 8.